The predicted molar refractivity (Wildman–Crippen MR) is 73.4 cm³/mol. The molecular weight excluding hydrogens is 284 g/mol. The number of halogens is 1. The molecule has 0 unspecified atom stereocenters. The Kier molecular flexibility index (Phi) is 3.90. The summed E-state index contributed by atoms with van der Waals surface area (Å²) in [6, 6.07) is 6.54. The van der Waals surface area contributed by atoms with Gasteiger partial charge < -0.3 is 5.32 Å². The molecule has 1 aromatic carbocycles. The molecule has 0 saturated carbocycles. The molecule has 7 nitrogen and oxygen atoms in total. The largest absolute Gasteiger partial charge is 0.348 e. The lowest BCUT2D eigenvalue weighted by Gasteiger charge is -2.07. The topological polar surface area (TPSA) is 98.0 Å². The van der Waals surface area contributed by atoms with Gasteiger partial charge in [-0.2, -0.15) is 0 Å². The molecule has 0 saturated heterocycles. The van der Waals surface area contributed by atoms with Crippen molar-refractivity contribution in [3.05, 3.63) is 51.4 Å². The summed E-state index contributed by atoms with van der Waals surface area (Å²) in [6.07, 6.45) is 1.12. The van der Waals surface area contributed by atoms with E-state index in [2.05, 4.69) is 15.3 Å². The van der Waals surface area contributed by atoms with Crippen molar-refractivity contribution in [3.8, 4) is 0 Å². The average Bonchev–Trinajstić information content (AvgIpc) is 2.38. The Labute approximate surface area is 118 Å². The molecule has 0 spiro atoms. The minimum absolute atomic E-state index is 0.0318. The second-order valence-corrected chi connectivity index (χ2v) is 4.24. The number of hydrogen-bond donors (Lipinski definition) is 1. The third-order valence-corrected chi connectivity index (χ3v) is 2.77. The average molecular weight is 293 g/mol. The van der Waals surface area contributed by atoms with Gasteiger partial charge in [0.15, 0.2) is 5.78 Å². The highest BCUT2D eigenvalue weighted by Gasteiger charge is 2.21. The number of Topliss-reactive ketones (excluding diaryl/α,β-unsaturated/α-hetero) is 1. The zero-order valence-electron chi connectivity index (χ0n) is 10.3. The molecule has 0 bridgehead atoms. The maximum Gasteiger partial charge on any atom is 0.348 e. The van der Waals surface area contributed by atoms with Crippen LogP contribution in [-0.4, -0.2) is 20.7 Å². The Morgan fingerprint density at radius 2 is 2.15 bits per heavy atom. The van der Waals surface area contributed by atoms with Gasteiger partial charge in [0.2, 0.25) is 11.0 Å². The van der Waals surface area contributed by atoms with E-state index in [0.29, 0.717) is 11.3 Å². The molecule has 0 aliphatic carbocycles. The summed E-state index contributed by atoms with van der Waals surface area (Å²) < 4.78 is 0. The highest BCUT2D eigenvalue weighted by atomic mass is 35.5. The third kappa shape index (κ3) is 2.89. The quantitative estimate of drug-likeness (QED) is 0.402. The number of ketones is 1. The lowest BCUT2D eigenvalue weighted by molar-refractivity contribution is -0.384. The van der Waals surface area contributed by atoms with E-state index in [-0.39, 0.29) is 16.8 Å². The van der Waals surface area contributed by atoms with Crippen LogP contribution in [0.25, 0.3) is 0 Å². The van der Waals surface area contributed by atoms with Crippen LogP contribution in [0.2, 0.25) is 5.15 Å². The Bertz CT molecular complexity index is 690. The van der Waals surface area contributed by atoms with Crippen molar-refractivity contribution in [1.82, 2.24) is 9.97 Å². The van der Waals surface area contributed by atoms with Crippen LogP contribution in [0.5, 0.6) is 0 Å². The standard InChI is InChI=1S/C12H9ClN4O3/c1-7(18)8-3-2-4-9(5-8)16-12-10(17(19)20)11(13)14-6-15-12/h2-6H,1H3,(H,14,15,16). The molecule has 1 N–H and O–H groups in total. The van der Waals surface area contributed by atoms with Crippen LogP contribution in [0.15, 0.2) is 30.6 Å². The molecule has 0 atom stereocenters. The van der Waals surface area contributed by atoms with E-state index in [1.54, 1.807) is 24.3 Å². The molecule has 2 aromatic rings. The van der Waals surface area contributed by atoms with Crippen LogP contribution >= 0.6 is 11.6 Å². The second kappa shape index (κ2) is 5.62. The Balaban J connectivity index is 2.40. The summed E-state index contributed by atoms with van der Waals surface area (Å²) in [5.74, 6) is -0.139. The number of rotatable bonds is 4. The number of carbonyl (C=O) groups is 1. The first kappa shape index (κ1) is 13.9. The van der Waals surface area contributed by atoms with Crippen molar-refractivity contribution < 1.29 is 9.72 Å². The lowest BCUT2D eigenvalue weighted by Crippen LogP contribution is -2.02. The maximum absolute atomic E-state index is 11.3. The fraction of sp³-hybridized carbons (Fsp3) is 0.0833. The van der Waals surface area contributed by atoms with Gasteiger partial charge in [0.25, 0.3) is 0 Å². The van der Waals surface area contributed by atoms with E-state index in [1.807, 2.05) is 0 Å². The van der Waals surface area contributed by atoms with Gasteiger partial charge in [-0.25, -0.2) is 9.97 Å². The first-order chi connectivity index (χ1) is 9.49. The van der Waals surface area contributed by atoms with E-state index >= 15 is 0 Å². The maximum atomic E-state index is 11.3. The third-order valence-electron chi connectivity index (χ3n) is 2.49. The van der Waals surface area contributed by atoms with Gasteiger partial charge in [-0.3, -0.25) is 14.9 Å². The van der Waals surface area contributed by atoms with Gasteiger partial charge >= 0.3 is 5.69 Å². The molecule has 0 aliphatic rings. The summed E-state index contributed by atoms with van der Waals surface area (Å²) in [5.41, 5.74) is 0.566. The Morgan fingerprint density at radius 3 is 2.80 bits per heavy atom. The highest BCUT2D eigenvalue weighted by molar-refractivity contribution is 6.31. The van der Waals surface area contributed by atoms with Crippen molar-refractivity contribution in [1.29, 1.82) is 0 Å². The van der Waals surface area contributed by atoms with Crippen LogP contribution in [0, 0.1) is 10.1 Å². The zero-order valence-corrected chi connectivity index (χ0v) is 11.1. The van der Waals surface area contributed by atoms with Crippen LogP contribution in [0.3, 0.4) is 0 Å². The molecule has 0 amide bonds. The van der Waals surface area contributed by atoms with Gasteiger partial charge in [0, 0.05) is 11.3 Å². The second-order valence-electron chi connectivity index (χ2n) is 3.88. The van der Waals surface area contributed by atoms with Crippen molar-refractivity contribution >= 4 is 34.6 Å². The van der Waals surface area contributed by atoms with Crippen molar-refractivity contribution in [2.75, 3.05) is 5.32 Å². The van der Waals surface area contributed by atoms with Crippen LogP contribution in [0.4, 0.5) is 17.2 Å². The number of nitrogens with zero attached hydrogens (tertiary/aromatic N) is 3. The molecule has 0 aliphatic heterocycles. The first-order valence-electron chi connectivity index (χ1n) is 5.52. The van der Waals surface area contributed by atoms with Gasteiger partial charge in [-0.15, -0.1) is 0 Å². The fourth-order valence-electron chi connectivity index (χ4n) is 1.56. The smallest absolute Gasteiger partial charge is 0.334 e. The molecule has 8 heteroatoms. The van der Waals surface area contributed by atoms with Crippen LogP contribution in [-0.2, 0) is 0 Å². The molecule has 2 rings (SSSR count). The number of benzene rings is 1. The van der Waals surface area contributed by atoms with E-state index in [4.69, 9.17) is 11.6 Å². The summed E-state index contributed by atoms with van der Waals surface area (Å²) in [6.45, 7) is 1.43. The number of aromatic nitrogens is 2. The summed E-state index contributed by atoms with van der Waals surface area (Å²) in [7, 11) is 0. The van der Waals surface area contributed by atoms with Gasteiger partial charge in [-0.05, 0) is 19.1 Å². The van der Waals surface area contributed by atoms with Crippen molar-refractivity contribution in [3.63, 3.8) is 0 Å². The van der Waals surface area contributed by atoms with Crippen LogP contribution in [0.1, 0.15) is 17.3 Å². The predicted octanol–water partition coefficient (Wildman–Crippen LogP) is 2.98. The highest BCUT2D eigenvalue weighted by Crippen LogP contribution is 2.30. The number of anilines is 2. The summed E-state index contributed by atoms with van der Waals surface area (Å²) in [5, 5.41) is 13.5. The Morgan fingerprint density at radius 1 is 1.40 bits per heavy atom. The molecular formula is C12H9ClN4O3. The van der Waals surface area contributed by atoms with E-state index < -0.39 is 10.6 Å². The van der Waals surface area contributed by atoms with E-state index in [1.165, 1.54) is 6.92 Å². The molecule has 0 fully saturated rings. The monoisotopic (exact) mass is 292 g/mol. The number of hydrogen-bond acceptors (Lipinski definition) is 6. The molecule has 20 heavy (non-hydrogen) atoms. The molecule has 102 valence electrons. The van der Waals surface area contributed by atoms with Crippen molar-refractivity contribution in [2.24, 2.45) is 0 Å². The van der Waals surface area contributed by atoms with E-state index in [9.17, 15) is 14.9 Å². The number of nitrogens with one attached hydrogen (secondary N) is 1. The minimum atomic E-state index is -0.667. The van der Waals surface area contributed by atoms with Gasteiger partial charge in [0.1, 0.15) is 6.33 Å². The van der Waals surface area contributed by atoms with Gasteiger partial charge in [0.05, 0.1) is 4.92 Å². The van der Waals surface area contributed by atoms with Gasteiger partial charge in [-0.1, -0.05) is 23.7 Å². The lowest BCUT2D eigenvalue weighted by atomic mass is 10.1. The Hall–Kier alpha value is -2.54. The minimum Gasteiger partial charge on any atom is -0.334 e. The summed E-state index contributed by atoms with van der Waals surface area (Å²) >= 11 is 5.69. The normalized spacial score (nSPS) is 10.1. The first-order valence-corrected chi connectivity index (χ1v) is 5.89. The fourth-order valence-corrected chi connectivity index (χ4v) is 1.77. The molecule has 1 aromatic heterocycles. The van der Waals surface area contributed by atoms with E-state index in [0.717, 1.165) is 6.33 Å². The number of carbonyl (C=O) groups excluding carboxylic acids is 1. The molecule has 0 radical (unpaired) electrons. The zero-order chi connectivity index (χ0) is 14.7. The van der Waals surface area contributed by atoms with Crippen LogP contribution < -0.4 is 5.32 Å². The summed E-state index contributed by atoms with van der Waals surface area (Å²) in [4.78, 5) is 28.9. The molecule has 1 heterocycles. The SMILES string of the molecule is CC(=O)c1cccc(Nc2ncnc(Cl)c2[N+](=O)[O-])c1. The number of nitro groups is 1. The van der Waals surface area contributed by atoms with Crippen molar-refractivity contribution in [2.45, 2.75) is 6.92 Å².